The summed E-state index contributed by atoms with van der Waals surface area (Å²) in [5.41, 5.74) is 1.83. The molecule has 1 aromatic carbocycles. The molecule has 3 nitrogen and oxygen atoms in total. The number of thioether (sulfide) groups is 1. The van der Waals surface area contributed by atoms with E-state index < -0.39 is 6.10 Å². The van der Waals surface area contributed by atoms with Gasteiger partial charge in [-0.2, -0.15) is 11.8 Å². The molecule has 0 radical (unpaired) electrons. The zero-order chi connectivity index (χ0) is 12.1. The lowest BCUT2D eigenvalue weighted by molar-refractivity contribution is 0.198. The molecule has 0 aromatic heterocycles. The molecule has 16 heavy (non-hydrogen) atoms. The van der Waals surface area contributed by atoms with E-state index in [-0.39, 0.29) is 0 Å². The van der Waals surface area contributed by atoms with Crippen LogP contribution < -0.4 is 9.47 Å². The fourth-order valence-corrected chi connectivity index (χ4v) is 2.17. The van der Waals surface area contributed by atoms with Gasteiger partial charge in [-0.1, -0.05) is 0 Å². The average Bonchev–Trinajstić information content (AvgIpc) is 2.27. The molecule has 0 aliphatic rings. The number of aliphatic hydroxyl groups is 1. The fourth-order valence-electron chi connectivity index (χ4n) is 1.69. The van der Waals surface area contributed by atoms with Crippen molar-refractivity contribution in [2.75, 3.05) is 26.2 Å². The van der Waals surface area contributed by atoms with Crippen molar-refractivity contribution in [1.82, 2.24) is 0 Å². The Balaban J connectivity index is 3.15. The molecule has 0 heterocycles. The molecular formula is C12H18O3S. The highest BCUT2D eigenvalue weighted by atomic mass is 32.2. The quantitative estimate of drug-likeness (QED) is 0.860. The second kappa shape index (κ2) is 6.01. The lowest BCUT2D eigenvalue weighted by Crippen LogP contribution is -2.06. The Bertz CT molecular complexity index is 352. The number of hydrogen-bond donors (Lipinski definition) is 1. The van der Waals surface area contributed by atoms with Crippen LogP contribution in [0.5, 0.6) is 11.5 Å². The van der Waals surface area contributed by atoms with Gasteiger partial charge < -0.3 is 14.6 Å². The lowest BCUT2D eigenvalue weighted by atomic mass is 10.0. The predicted octanol–water partition coefficient (Wildman–Crippen LogP) is 2.41. The van der Waals surface area contributed by atoms with Crippen molar-refractivity contribution in [2.24, 2.45) is 0 Å². The minimum atomic E-state index is -0.504. The summed E-state index contributed by atoms with van der Waals surface area (Å²) in [5, 5.41) is 10.0. The molecule has 1 aromatic rings. The van der Waals surface area contributed by atoms with Crippen molar-refractivity contribution in [2.45, 2.75) is 13.0 Å². The molecule has 0 bridgehead atoms. The summed E-state index contributed by atoms with van der Waals surface area (Å²) in [7, 11) is 3.22. The molecular weight excluding hydrogens is 224 g/mol. The Labute approximate surface area is 101 Å². The Morgan fingerprint density at radius 3 is 2.50 bits per heavy atom. The van der Waals surface area contributed by atoms with Gasteiger partial charge >= 0.3 is 0 Å². The maximum Gasteiger partial charge on any atom is 0.128 e. The topological polar surface area (TPSA) is 38.7 Å². The highest BCUT2D eigenvalue weighted by molar-refractivity contribution is 7.98. The standard InChI is InChI=1S/C12H18O3S/c1-8-5-9(14-2)6-11(15-3)12(8)10(13)7-16-4/h5-6,10,13H,7H2,1-4H3. The van der Waals surface area contributed by atoms with E-state index in [1.165, 1.54) is 0 Å². The average molecular weight is 242 g/mol. The summed E-state index contributed by atoms with van der Waals surface area (Å²) in [4.78, 5) is 0. The van der Waals surface area contributed by atoms with Gasteiger partial charge in [-0.15, -0.1) is 0 Å². The summed E-state index contributed by atoms with van der Waals surface area (Å²) in [6.45, 7) is 1.95. The van der Waals surface area contributed by atoms with Crippen molar-refractivity contribution in [3.8, 4) is 11.5 Å². The summed E-state index contributed by atoms with van der Waals surface area (Å²) in [5.74, 6) is 2.08. The maximum atomic E-state index is 10.0. The van der Waals surface area contributed by atoms with E-state index in [2.05, 4.69) is 0 Å². The summed E-state index contributed by atoms with van der Waals surface area (Å²) in [6.07, 6.45) is 1.46. The van der Waals surface area contributed by atoms with Gasteiger partial charge in [-0.3, -0.25) is 0 Å². The normalized spacial score (nSPS) is 12.3. The maximum absolute atomic E-state index is 10.0. The highest BCUT2D eigenvalue weighted by Crippen LogP contribution is 2.34. The molecule has 0 spiro atoms. The second-order valence-electron chi connectivity index (χ2n) is 3.53. The van der Waals surface area contributed by atoms with Gasteiger partial charge in [0, 0.05) is 17.4 Å². The van der Waals surface area contributed by atoms with Gasteiger partial charge in [0.05, 0.1) is 20.3 Å². The van der Waals surface area contributed by atoms with E-state index in [9.17, 15) is 5.11 Å². The van der Waals surface area contributed by atoms with Crippen molar-refractivity contribution in [3.05, 3.63) is 23.3 Å². The van der Waals surface area contributed by atoms with Crippen LogP contribution in [0.2, 0.25) is 0 Å². The Morgan fingerprint density at radius 2 is 2.00 bits per heavy atom. The van der Waals surface area contributed by atoms with Crippen LogP contribution in [0.4, 0.5) is 0 Å². The van der Waals surface area contributed by atoms with Crippen LogP contribution >= 0.6 is 11.8 Å². The molecule has 0 saturated heterocycles. The molecule has 90 valence electrons. The first-order valence-corrected chi connectivity index (χ1v) is 6.43. The lowest BCUT2D eigenvalue weighted by Gasteiger charge is -2.17. The molecule has 1 rings (SSSR count). The number of rotatable bonds is 5. The highest BCUT2D eigenvalue weighted by Gasteiger charge is 2.17. The summed E-state index contributed by atoms with van der Waals surface area (Å²) >= 11 is 1.61. The minimum Gasteiger partial charge on any atom is -0.497 e. The molecule has 0 aliphatic heterocycles. The third-order valence-corrected chi connectivity index (χ3v) is 3.08. The van der Waals surface area contributed by atoms with Crippen LogP contribution in [-0.2, 0) is 0 Å². The van der Waals surface area contributed by atoms with Crippen LogP contribution in [0.15, 0.2) is 12.1 Å². The number of benzene rings is 1. The van der Waals surface area contributed by atoms with E-state index >= 15 is 0 Å². The van der Waals surface area contributed by atoms with E-state index in [0.717, 1.165) is 16.9 Å². The number of methoxy groups -OCH3 is 2. The Kier molecular flexibility index (Phi) is 4.96. The molecule has 0 saturated carbocycles. The van der Waals surface area contributed by atoms with Crippen molar-refractivity contribution < 1.29 is 14.6 Å². The number of aryl methyl sites for hydroxylation is 1. The monoisotopic (exact) mass is 242 g/mol. The van der Waals surface area contributed by atoms with Crippen LogP contribution in [0.1, 0.15) is 17.2 Å². The molecule has 1 N–H and O–H groups in total. The van der Waals surface area contributed by atoms with Crippen molar-refractivity contribution in [1.29, 1.82) is 0 Å². The van der Waals surface area contributed by atoms with Gasteiger partial charge in [0.1, 0.15) is 11.5 Å². The van der Waals surface area contributed by atoms with Gasteiger partial charge in [0.15, 0.2) is 0 Å². The minimum absolute atomic E-state index is 0.504. The number of aliphatic hydroxyl groups excluding tert-OH is 1. The van der Waals surface area contributed by atoms with E-state index in [1.807, 2.05) is 19.2 Å². The number of ether oxygens (including phenoxy) is 2. The van der Waals surface area contributed by atoms with Crippen molar-refractivity contribution >= 4 is 11.8 Å². The first-order valence-electron chi connectivity index (χ1n) is 5.03. The van der Waals surface area contributed by atoms with Gasteiger partial charge in [0.2, 0.25) is 0 Å². The second-order valence-corrected chi connectivity index (χ2v) is 4.44. The molecule has 4 heteroatoms. The fraction of sp³-hybridized carbons (Fsp3) is 0.500. The largest absolute Gasteiger partial charge is 0.497 e. The SMILES string of the molecule is COc1cc(C)c(C(O)CSC)c(OC)c1. The molecule has 0 fully saturated rings. The van der Waals surface area contributed by atoms with Crippen LogP contribution in [0, 0.1) is 6.92 Å². The van der Waals surface area contributed by atoms with Crippen LogP contribution in [-0.4, -0.2) is 31.3 Å². The molecule has 0 amide bonds. The van der Waals surface area contributed by atoms with Crippen LogP contribution in [0.25, 0.3) is 0 Å². The smallest absolute Gasteiger partial charge is 0.128 e. The molecule has 0 aliphatic carbocycles. The van der Waals surface area contributed by atoms with Crippen LogP contribution in [0.3, 0.4) is 0 Å². The van der Waals surface area contributed by atoms with E-state index in [1.54, 1.807) is 32.0 Å². The zero-order valence-electron chi connectivity index (χ0n) is 10.1. The Hall–Kier alpha value is -0.870. The van der Waals surface area contributed by atoms with Gasteiger partial charge in [-0.25, -0.2) is 0 Å². The first-order chi connectivity index (χ1) is 7.63. The summed E-state index contributed by atoms with van der Waals surface area (Å²) < 4.78 is 10.5. The van der Waals surface area contributed by atoms with E-state index in [4.69, 9.17) is 9.47 Å². The zero-order valence-corrected chi connectivity index (χ0v) is 10.9. The number of hydrogen-bond acceptors (Lipinski definition) is 4. The van der Waals surface area contributed by atoms with E-state index in [0.29, 0.717) is 11.5 Å². The molecule has 1 unspecified atom stereocenters. The first kappa shape index (κ1) is 13.2. The van der Waals surface area contributed by atoms with Gasteiger partial charge in [-0.05, 0) is 24.8 Å². The predicted molar refractivity (Wildman–Crippen MR) is 67.6 cm³/mol. The molecule has 1 atom stereocenters. The van der Waals surface area contributed by atoms with Gasteiger partial charge in [0.25, 0.3) is 0 Å². The van der Waals surface area contributed by atoms with Crippen molar-refractivity contribution in [3.63, 3.8) is 0 Å². The third-order valence-electron chi connectivity index (χ3n) is 2.44. The Morgan fingerprint density at radius 1 is 1.31 bits per heavy atom. The third kappa shape index (κ3) is 2.83. The summed E-state index contributed by atoms with van der Waals surface area (Å²) in [6, 6.07) is 3.70.